The Morgan fingerprint density at radius 2 is 2.04 bits per heavy atom. The first-order valence-electron chi connectivity index (χ1n) is 8.54. The first-order valence-corrected chi connectivity index (χ1v) is 9.59. The van der Waals surface area contributed by atoms with Crippen LogP contribution in [0.2, 0.25) is 0 Å². The van der Waals surface area contributed by atoms with Gasteiger partial charge in [0.05, 0.1) is 6.54 Å². The predicted octanol–water partition coefficient (Wildman–Crippen LogP) is 2.34. The van der Waals surface area contributed by atoms with E-state index in [-0.39, 0.29) is 5.91 Å². The normalized spacial score (nSPS) is 17.6. The highest BCUT2D eigenvalue weighted by Crippen LogP contribution is 2.25. The molecule has 1 unspecified atom stereocenters. The minimum absolute atomic E-state index is 0.0223. The molecule has 0 aliphatic carbocycles. The number of benzene rings is 1. The average Bonchev–Trinajstić information content (AvgIpc) is 3.10. The molecule has 1 heterocycles. The van der Waals surface area contributed by atoms with Gasteiger partial charge >= 0.3 is 0 Å². The lowest BCUT2D eigenvalue weighted by atomic mass is 10.1. The Morgan fingerprint density at radius 3 is 2.62 bits per heavy atom. The summed E-state index contributed by atoms with van der Waals surface area (Å²) in [4.78, 5) is 18.1. The smallest absolute Gasteiger partial charge is 0.253 e. The van der Waals surface area contributed by atoms with Crippen molar-refractivity contribution in [2.75, 3.05) is 32.9 Å². The van der Waals surface area contributed by atoms with Crippen molar-refractivity contribution >= 4 is 23.6 Å². The Labute approximate surface area is 149 Å². The highest BCUT2D eigenvalue weighted by atomic mass is 32.2. The van der Waals surface area contributed by atoms with E-state index >= 15 is 0 Å². The summed E-state index contributed by atoms with van der Waals surface area (Å²) in [5.74, 6) is 2.16. The van der Waals surface area contributed by atoms with Crippen LogP contribution in [-0.2, 0) is 6.54 Å². The maximum absolute atomic E-state index is 11.9. The van der Waals surface area contributed by atoms with Crippen molar-refractivity contribution in [1.29, 1.82) is 0 Å². The molecule has 1 aromatic rings. The molecular weight excluding hydrogens is 320 g/mol. The van der Waals surface area contributed by atoms with Gasteiger partial charge in [-0.2, -0.15) is 11.8 Å². The molecule has 0 saturated carbocycles. The number of guanidine groups is 1. The monoisotopic (exact) mass is 348 g/mol. The van der Waals surface area contributed by atoms with Gasteiger partial charge in [0, 0.05) is 38.0 Å². The quantitative estimate of drug-likeness (QED) is 0.612. The Bertz CT molecular complexity index is 551. The maximum atomic E-state index is 11.9. The van der Waals surface area contributed by atoms with Crippen LogP contribution < -0.4 is 10.6 Å². The summed E-state index contributed by atoms with van der Waals surface area (Å²) in [7, 11) is 3.52. The maximum Gasteiger partial charge on any atom is 0.253 e. The van der Waals surface area contributed by atoms with Gasteiger partial charge in [0.25, 0.3) is 5.91 Å². The molecule has 2 rings (SSSR count). The van der Waals surface area contributed by atoms with E-state index in [1.165, 1.54) is 18.6 Å². The number of nitrogens with one attached hydrogen (secondary N) is 2. The number of thioether (sulfide) groups is 1. The molecule has 1 atom stereocenters. The van der Waals surface area contributed by atoms with Crippen molar-refractivity contribution in [2.45, 2.75) is 31.6 Å². The molecular formula is C18H28N4OS. The number of carbonyl (C=O) groups excluding carboxylic acids is 1. The molecule has 6 heteroatoms. The van der Waals surface area contributed by atoms with Crippen molar-refractivity contribution in [3.05, 3.63) is 35.4 Å². The van der Waals surface area contributed by atoms with Crippen molar-refractivity contribution in [3.8, 4) is 0 Å². The number of nitrogens with zero attached hydrogens (tertiary/aromatic N) is 2. The first kappa shape index (κ1) is 18.6. The van der Waals surface area contributed by atoms with E-state index in [9.17, 15) is 4.79 Å². The molecule has 2 N–H and O–H groups in total. The Balaban J connectivity index is 1.90. The second-order valence-corrected chi connectivity index (χ2v) is 7.52. The summed E-state index contributed by atoms with van der Waals surface area (Å²) in [5, 5.41) is 7.42. The SMILES string of the molecule is CCNC(=NCc1ccc(C(=O)N(C)C)cc1)NCC1CCCS1. The number of hydrogen-bond acceptors (Lipinski definition) is 3. The van der Waals surface area contributed by atoms with Gasteiger partial charge in [0.15, 0.2) is 5.96 Å². The fraction of sp³-hybridized carbons (Fsp3) is 0.556. The number of rotatable bonds is 6. The summed E-state index contributed by atoms with van der Waals surface area (Å²) in [6.45, 7) is 4.49. The molecule has 24 heavy (non-hydrogen) atoms. The lowest BCUT2D eigenvalue weighted by Gasteiger charge is -2.14. The summed E-state index contributed by atoms with van der Waals surface area (Å²) in [5.41, 5.74) is 1.80. The third-order valence-electron chi connectivity index (χ3n) is 3.89. The lowest BCUT2D eigenvalue weighted by molar-refractivity contribution is 0.0827. The third kappa shape index (κ3) is 5.74. The van der Waals surface area contributed by atoms with Crippen molar-refractivity contribution in [1.82, 2.24) is 15.5 Å². The van der Waals surface area contributed by atoms with Crippen LogP contribution in [0.4, 0.5) is 0 Å². The number of aliphatic imine (C=N–C) groups is 1. The molecule has 0 radical (unpaired) electrons. The zero-order valence-corrected chi connectivity index (χ0v) is 15.7. The molecule has 0 spiro atoms. The topological polar surface area (TPSA) is 56.7 Å². The van der Waals surface area contributed by atoms with Gasteiger partial charge in [-0.05, 0) is 43.2 Å². The molecule has 1 fully saturated rings. The van der Waals surface area contributed by atoms with Gasteiger partial charge in [-0.15, -0.1) is 0 Å². The van der Waals surface area contributed by atoms with E-state index in [0.29, 0.717) is 17.4 Å². The molecule has 1 aliphatic rings. The van der Waals surface area contributed by atoms with Crippen molar-refractivity contribution in [3.63, 3.8) is 0 Å². The zero-order valence-electron chi connectivity index (χ0n) is 14.8. The molecule has 1 saturated heterocycles. The largest absolute Gasteiger partial charge is 0.357 e. The van der Waals surface area contributed by atoms with Crippen LogP contribution in [0, 0.1) is 0 Å². The summed E-state index contributed by atoms with van der Waals surface area (Å²) < 4.78 is 0. The van der Waals surface area contributed by atoms with Gasteiger partial charge in [0.1, 0.15) is 0 Å². The molecule has 1 amide bonds. The van der Waals surface area contributed by atoms with Crippen LogP contribution in [-0.4, -0.2) is 55.0 Å². The van der Waals surface area contributed by atoms with Gasteiger partial charge < -0.3 is 15.5 Å². The van der Waals surface area contributed by atoms with Crippen LogP contribution >= 0.6 is 11.8 Å². The summed E-state index contributed by atoms with van der Waals surface area (Å²) in [6.07, 6.45) is 2.61. The second-order valence-electron chi connectivity index (χ2n) is 6.11. The first-order chi connectivity index (χ1) is 11.6. The van der Waals surface area contributed by atoms with Crippen LogP contribution in [0.15, 0.2) is 29.3 Å². The van der Waals surface area contributed by atoms with Crippen LogP contribution in [0.1, 0.15) is 35.7 Å². The van der Waals surface area contributed by atoms with Crippen LogP contribution in [0.5, 0.6) is 0 Å². The van der Waals surface area contributed by atoms with Gasteiger partial charge in [-0.25, -0.2) is 4.99 Å². The van der Waals surface area contributed by atoms with E-state index < -0.39 is 0 Å². The fourth-order valence-electron chi connectivity index (χ4n) is 2.54. The third-order valence-corrected chi connectivity index (χ3v) is 5.29. The highest BCUT2D eigenvalue weighted by Gasteiger charge is 2.15. The summed E-state index contributed by atoms with van der Waals surface area (Å²) >= 11 is 2.04. The van der Waals surface area contributed by atoms with Crippen LogP contribution in [0.25, 0.3) is 0 Å². The van der Waals surface area contributed by atoms with E-state index in [4.69, 9.17) is 0 Å². The van der Waals surface area contributed by atoms with Crippen molar-refractivity contribution < 1.29 is 4.79 Å². The van der Waals surface area contributed by atoms with Gasteiger partial charge in [0.2, 0.25) is 0 Å². The predicted molar refractivity (Wildman–Crippen MR) is 103 cm³/mol. The minimum atomic E-state index is 0.0223. The van der Waals surface area contributed by atoms with Crippen LogP contribution in [0.3, 0.4) is 0 Å². The fourth-order valence-corrected chi connectivity index (χ4v) is 3.74. The number of carbonyl (C=O) groups is 1. The molecule has 0 aromatic heterocycles. The minimum Gasteiger partial charge on any atom is -0.357 e. The Hall–Kier alpha value is -1.69. The number of amides is 1. The van der Waals surface area contributed by atoms with E-state index in [2.05, 4.69) is 22.5 Å². The van der Waals surface area contributed by atoms with E-state index in [0.717, 1.165) is 24.6 Å². The standard InChI is InChI=1S/C18H28N4OS/c1-4-19-18(21-13-16-6-5-11-24-16)20-12-14-7-9-15(10-8-14)17(23)22(2)3/h7-10,16H,4-6,11-13H2,1-3H3,(H2,19,20,21). The lowest BCUT2D eigenvalue weighted by Crippen LogP contribution is -2.40. The Kier molecular flexibility index (Phi) is 7.43. The number of hydrogen-bond donors (Lipinski definition) is 2. The average molecular weight is 349 g/mol. The molecule has 132 valence electrons. The molecule has 0 bridgehead atoms. The highest BCUT2D eigenvalue weighted by molar-refractivity contribution is 8.00. The van der Waals surface area contributed by atoms with E-state index in [1.807, 2.05) is 36.0 Å². The zero-order chi connectivity index (χ0) is 17.4. The van der Waals surface area contributed by atoms with Gasteiger partial charge in [-0.1, -0.05) is 12.1 Å². The Morgan fingerprint density at radius 1 is 1.29 bits per heavy atom. The summed E-state index contributed by atoms with van der Waals surface area (Å²) in [6, 6.07) is 7.67. The second kappa shape index (κ2) is 9.57. The molecule has 5 nitrogen and oxygen atoms in total. The molecule has 1 aromatic carbocycles. The van der Waals surface area contributed by atoms with Gasteiger partial charge in [-0.3, -0.25) is 4.79 Å². The molecule has 1 aliphatic heterocycles. The van der Waals surface area contributed by atoms with E-state index in [1.54, 1.807) is 19.0 Å². The van der Waals surface area contributed by atoms with Crippen molar-refractivity contribution in [2.24, 2.45) is 4.99 Å².